The highest BCUT2D eigenvalue weighted by atomic mass is 14.9. The van der Waals surface area contributed by atoms with Gasteiger partial charge in [0.15, 0.2) is 0 Å². The largest absolute Gasteiger partial charge is 0.383 e. The van der Waals surface area contributed by atoms with Gasteiger partial charge < -0.3 is 5.73 Å². The topological polar surface area (TPSA) is 64.2 Å². The van der Waals surface area contributed by atoms with Gasteiger partial charge in [0.05, 0.1) is 5.56 Å². The second kappa shape index (κ2) is 3.46. The Bertz CT molecular complexity index is 280. The quantitative estimate of drug-likeness (QED) is 0.625. The first-order valence-corrected chi connectivity index (χ1v) is 3.04. The molecule has 56 valence electrons. The van der Waals surface area contributed by atoms with Crippen molar-refractivity contribution in [2.45, 2.75) is 0 Å². The molecule has 0 amide bonds. The van der Waals surface area contributed by atoms with Gasteiger partial charge in [-0.3, -0.25) is 4.99 Å². The van der Waals surface area contributed by atoms with Crippen LogP contribution in [0.5, 0.6) is 0 Å². The minimum absolute atomic E-state index is 0.422. The Morgan fingerprint density at radius 1 is 1.64 bits per heavy atom. The second-order valence-electron chi connectivity index (χ2n) is 1.82. The van der Waals surface area contributed by atoms with E-state index in [2.05, 4.69) is 21.5 Å². The molecule has 4 heteroatoms. The number of aliphatic imine (C=N–C) groups is 1. The minimum atomic E-state index is 0.422. The van der Waals surface area contributed by atoms with Gasteiger partial charge in [-0.05, 0) is 0 Å². The SMILES string of the molecule is C=C/N=C\c1cncnc1N. The zero-order valence-electron chi connectivity index (χ0n) is 5.94. The standard InChI is InChI=1S/C7H8N4/c1-2-9-3-6-4-10-5-11-7(6)8/h2-5H,1H2,(H2,8,10,11)/b9-3-. The van der Waals surface area contributed by atoms with E-state index in [0.29, 0.717) is 11.4 Å². The Morgan fingerprint density at radius 3 is 3.09 bits per heavy atom. The van der Waals surface area contributed by atoms with E-state index in [1.54, 1.807) is 12.4 Å². The molecule has 0 saturated heterocycles. The zero-order chi connectivity index (χ0) is 8.10. The molecule has 2 N–H and O–H groups in total. The Morgan fingerprint density at radius 2 is 2.45 bits per heavy atom. The van der Waals surface area contributed by atoms with Crippen molar-refractivity contribution >= 4 is 12.0 Å². The molecule has 0 unspecified atom stereocenters. The lowest BCUT2D eigenvalue weighted by Gasteiger charge is -1.93. The van der Waals surface area contributed by atoms with E-state index in [0.717, 1.165) is 0 Å². The first-order chi connectivity index (χ1) is 5.34. The van der Waals surface area contributed by atoms with Crippen LogP contribution in [0, 0.1) is 0 Å². The van der Waals surface area contributed by atoms with Gasteiger partial charge in [-0.15, -0.1) is 0 Å². The number of anilines is 1. The fraction of sp³-hybridized carbons (Fsp3) is 0. The van der Waals surface area contributed by atoms with Crippen LogP contribution < -0.4 is 5.73 Å². The number of hydrogen-bond donors (Lipinski definition) is 1. The molecule has 0 aliphatic rings. The van der Waals surface area contributed by atoms with E-state index < -0.39 is 0 Å². The normalized spacial score (nSPS) is 10.2. The summed E-state index contributed by atoms with van der Waals surface area (Å²) in [6.45, 7) is 3.43. The summed E-state index contributed by atoms with van der Waals surface area (Å²) in [4.78, 5) is 11.3. The average molecular weight is 148 g/mol. The molecule has 0 fully saturated rings. The van der Waals surface area contributed by atoms with Crippen LogP contribution in [0.25, 0.3) is 0 Å². The van der Waals surface area contributed by atoms with Gasteiger partial charge in [0, 0.05) is 18.6 Å². The molecule has 4 nitrogen and oxygen atoms in total. The van der Waals surface area contributed by atoms with E-state index in [1.165, 1.54) is 12.5 Å². The Balaban J connectivity index is 2.94. The highest BCUT2D eigenvalue weighted by Gasteiger charge is 1.92. The van der Waals surface area contributed by atoms with Crippen molar-refractivity contribution in [1.29, 1.82) is 0 Å². The van der Waals surface area contributed by atoms with Crippen molar-refractivity contribution < 1.29 is 0 Å². The molecule has 0 radical (unpaired) electrons. The molecule has 0 aliphatic heterocycles. The molecule has 0 saturated carbocycles. The fourth-order valence-corrected chi connectivity index (χ4v) is 0.582. The highest BCUT2D eigenvalue weighted by molar-refractivity contribution is 5.85. The predicted octanol–water partition coefficient (Wildman–Crippen LogP) is 0.621. The summed E-state index contributed by atoms with van der Waals surface area (Å²) in [5.41, 5.74) is 6.19. The van der Waals surface area contributed by atoms with E-state index in [9.17, 15) is 0 Å². The molecule has 0 bridgehead atoms. The summed E-state index contributed by atoms with van der Waals surface area (Å²) in [5, 5.41) is 0. The summed E-state index contributed by atoms with van der Waals surface area (Å²) in [6.07, 6.45) is 5.96. The summed E-state index contributed by atoms with van der Waals surface area (Å²) < 4.78 is 0. The zero-order valence-corrected chi connectivity index (χ0v) is 5.94. The van der Waals surface area contributed by atoms with Gasteiger partial charge in [-0.1, -0.05) is 6.58 Å². The number of aromatic nitrogens is 2. The van der Waals surface area contributed by atoms with Crippen LogP contribution in [0.3, 0.4) is 0 Å². The average Bonchev–Trinajstić information content (AvgIpc) is 2.03. The monoisotopic (exact) mass is 148 g/mol. The van der Waals surface area contributed by atoms with E-state index in [4.69, 9.17) is 5.73 Å². The summed E-state index contributed by atoms with van der Waals surface area (Å²) in [5.74, 6) is 0.422. The maximum Gasteiger partial charge on any atom is 0.135 e. The molecule has 1 aromatic heterocycles. The molecule has 11 heavy (non-hydrogen) atoms. The van der Waals surface area contributed by atoms with Crippen LogP contribution in [0.4, 0.5) is 5.82 Å². The lowest BCUT2D eigenvalue weighted by atomic mass is 10.3. The Hall–Kier alpha value is -1.71. The number of nitrogen functional groups attached to an aromatic ring is 1. The lowest BCUT2D eigenvalue weighted by molar-refractivity contribution is 1.17. The predicted molar refractivity (Wildman–Crippen MR) is 44.2 cm³/mol. The molecular weight excluding hydrogens is 140 g/mol. The molecular formula is C7H8N4. The third-order valence-electron chi connectivity index (χ3n) is 1.09. The second-order valence-corrected chi connectivity index (χ2v) is 1.82. The summed E-state index contributed by atoms with van der Waals surface area (Å²) >= 11 is 0. The number of rotatable bonds is 2. The van der Waals surface area contributed by atoms with Crippen molar-refractivity contribution in [2.75, 3.05) is 5.73 Å². The van der Waals surface area contributed by atoms with Crippen molar-refractivity contribution in [3.8, 4) is 0 Å². The van der Waals surface area contributed by atoms with Crippen molar-refractivity contribution in [2.24, 2.45) is 4.99 Å². The van der Waals surface area contributed by atoms with Crippen LogP contribution in [0.2, 0.25) is 0 Å². The van der Waals surface area contributed by atoms with E-state index in [-0.39, 0.29) is 0 Å². The minimum Gasteiger partial charge on any atom is -0.383 e. The Kier molecular flexibility index (Phi) is 2.32. The summed E-state index contributed by atoms with van der Waals surface area (Å²) in [7, 11) is 0. The highest BCUT2D eigenvalue weighted by Crippen LogP contribution is 2.00. The number of nitrogens with two attached hydrogens (primary N) is 1. The molecule has 1 rings (SSSR count). The van der Waals surface area contributed by atoms with E-state index >= 15 is 0 Å². The van der Waals surface area contributed by atoms with Crippen LogP contribution >= 0.6 is 0 Å². The maximum absolute atomic E-state index is 5.48. The van der Waals surface area contributed by atoms with Crippen LogP contribution in [-0.4, -0.2) is 16.2 Å². The van der Waals surface area contributed by atoms with Crippen molar-refractivity contribution in [3.05, 3.63) is 30.9 Å². The van der Waals surface area contributed by atoms with Crippen LogP contribution in [0.1, 0.15) is 5.56 Å². The molecule has 1 aromatic rings. The van der Waals surface area contributed by atoms with Gasteiger partial charge in [-0.2, -0.15) is 0 Å². The molecule has 1 heterocycles. The van der Waals surface area contributed by atoms with Gasteiger partial charge in [0.2, 0.25) is 0 Å². The van der Waals surface area contributed by atoms with Crippen LogP contribution in [-0.2, 0) is 0 Å². The van der Waals surface area contributed by atoms with Crippen molar-refractivity contribution in [1.82, 2.24) is 9.97 Å². The van der Waals surface area contributed by atoms with Gasteiger partial charge in [0.25, 0.3) is 0 Å². The molecule has 0 atom stereocenters. The lowest BCUT2D eigenvalue weighted by Crippen LogP contribution is -1.96. The molecule has 0 aliphatic carbocycles. The molecule has 0 spiro atoms. The Labute approximate surface area is 64.5 Å². The van der Waals surface area contributed by atoms with E-state index in [1.807, 2.05) is 0 Å². The van der Waals surface area contributed by atoms with Gasteiger partial charge in [-0.25, -0.2) is 9.97 Å². The third-order valence-corrected chi connectivity index (χ3v) is 1.09. The fourth-order valence-electron chi connectivity index (χ4n) is 0.582. The number of nitrogens with zero attached hydrogens (tertiary/aromatic N) is 3. The van der Waals surface area contributed by atoms with Crippen molar-refractivity contribution in [3.63, 3.8) is 0 Å². The summed E-state index contributed by atoms with van der Waals surface area (Å²) in [6, 6.07) is 0. The third kappa shape index (κ3) is 1.86. The van der Waals surface area contributed by atoms with Gasteiger partial charge >= 0.3 is 0 Å². The smallest absolute Gasteiger partial charge is 0.135 e. The van der Waals surface area contributed by atoms with Crippen LogP contribution in [0.15, 0.2) is 30.3 Å². The first kappa shape index (κ1) is 7.40. The number of hydrogen-bond acceptors (Lipinski definition) is 4. The first-order valence-electron chi connectivity index (χ1n) is 3.04. The maximum atomic E-state index is 5.48. The molecule has 0 aromatic carbocycles. The van der Waals surface area contributed by atoms with Gasteiger partial charge in [0.1, 0.15) is 12.1 Å².